The van der Waals surface area contributed by atoms with Gasteiger partial charge in [0.05, 0.1) is 0 Å². The second-order valence-corrected chi connectivity index (χ2v) is 21.4. The maximum absolute atomic E-state index is 7.74. The van der Waals surface area contributed by atoms with E-state index in [0.717, 1.165) is 23.7 Å². The van der Waals surface area contributed by atoms with Gasteiger partial charge < -0.3 is 4.43 Å². The summed E-state index contributed by atoms with van der Waals surface area (Å²) in [7, 11) is -2.54. The molecule has 3 aromatic carbocycles. The third-order valence-electron chi connectivity index (χ3n) is 13.8. The predicted octanol–water partition coefficient (Wildman–Crippen LogP) is 9.95. The van der Waals surface area contributed by atoms with Gasteiger partial charge in [0.1, 0.15) is 0 Å². The van der Waals surface area contributed by atoms with Crippen molar-refractivity contribution < 1.29 is 4.43 Å². The molecule has 4 fully saturated rings. The van der Waals surface area contributed by atoms with Gasteiger partial charge in [0, 0.05) is 17.6 Å². The Balaban J connectivity index is 1.11. The normalized spacial score (nSPS) is 34.0. The standard InChI is InChI=1S/C44H56OSi/c1-32-17-19-33(20-18-32)21-22-34-24-26-40-39-25-23-35-31-36(27-29-44(35,6)41(39)28-30-43(34,40)5)45-46(42(2,3)4,37-13-9-7-10-14-37)38-15-11-8-12-16-38/h7-20,34-36,39-41H,23-31H2,1-6H3/t34-,35-,36+,39-,40-,41-,43+,44-/m0/s1. The summed E-state index contributed by atoms with van der Waals surface area (Å²) in [6.07, 6.45) is 12.3. The van der Waals surface area contributed by atoms with E-state index in [4.69, 9.17) is 4.43 Å². The number of hydrogen-bond donors (Lipinski definition) is 0. The minimum absolute atomic E-state index is 0.0311. The summed E-state index contributed by atoms with van der Waals surface area (Å²) in [5.74, 6) is 11.3. The summed E-state index contributed by atoms with van der Waals surface area (Å²) in [5, 5.41) is 2.86. The topological polar surface area (TPSA) is 9.23 Å². The maximum atomic E-state index is 7.74. The van der Waals surface area contributed by atoms with E-state index in [1.54, 1.807) is 0 Å². The quantitative estimate of drug-likeness (QED) is 0.206. The highest BCUT2D eigenvalue weighted by molar-refractivity contribution is 6.99. The third-order valence-corrected chi connectivity index (χ3v) is 18.9. The first-order chi connectivity index (χ1) is 22.0. The van der Waals surface area contributed by atoms with Crippen LogP contribution in [0.2, 0.25) is 5.04 Å². The first-order valence-corrected chi connectivity index (χ1v) is 20.3. The molecule has 0 unspecified atom stereocenters. The lowest BCUT2D eigenvalue weighted by Crippen LogP contribution is -2.68. The molecule has 0 aromatic heterocycles. The molecule has 0 saturated heterocycles. The van der Waals surface area contributed by atoms with Gasteiger partial charge in [0.15, 0.2) is 0 Å². The fourth-order valence-electron chi connectivity index (χ4n) is 11.3. The molecule has 0 bridgehead atoms. The summed E-state index contributed by atoms with van der Waals surface area (Å²) in [6, 6.07) is 31.3. The number of fused-ring (bicyclic) bond motifs is 5. The monoisotopic (exact) mass is 628 g/mol. The Morgan fingerprint density at radius 2 is 1.30 bits per heavy atom. The Kier molecular flexibility index (Phi) is 8.43. The molecular formula is C44H56OSi. The molecule has 2 heteroatoms. The largest absolute Gasteiger partial charge is 0.404 e. The number of rotatable bonds is 4. The van der Waals surface area contributed by atoms with Crippen molar-refractivity contribution in [2.45, 2.75) is 110 Å². The second kappa shape index (κ2) is 12.1. The Bertz CT molecular complexity index is 1520. The summed E-state index contributed by atoms with van der Waals surface area (Å²) in [5.41, 5.74) is 3.31. The van der Waals surface area contributed by atoms with E-state index < -0.39 is 8.32 Å². The molecule has 0 aliphatic heterocycles. The van der Waals surface area contributed by atoms with Crippen molar-refractivity contribution in [3.05, 3.63) is 96.1 Å². The smallest absolute Gasteiger partial charge is 0.261 e. The van der Waals surface area contributed by atoms with Gasteiger partial charge >= 0.3 is 0 Å². The molecule has 4 saturated carbocycles. The molecule has 242 valence electrons. The van der Waals surface area contributed by atoms with Crippen LogP contribution in [0.25, 0.3) is 0 Å². The van der Waals surface area contributed by atoms with Crippen LogP contribution in [0.3, 0.4) is 0 Å². The van der Waals surface area contributed by atoms with Gasteiger partial charge in [0.25, 0.3) is 8.32 Å². The first kappa shape index (κ1) is 32.0. The van der Waals surface area contributed by atoms with Gasteiger partial charge in [-0.15, -0.1) is 0 Å². The van der Waals surface area contributed by atoms with Crippen molar-refractivity contribution in [3.63, 3.8) is 0 Å². The van der Waals surface area contributed by atoms with Crippen LogP contribution in [0.15, 0.2) is 84.9 Å². The van der Waals surface area contributed by atoms with E-state index in [-0.39, 0.29) is 5.04 Å². The van der Waals surface area contributed by atoms with Gasteiger partial charge in [0.2, 0.25) is 0 Å². The van der Waals surface area contributed by atoms with Crippen LogP contribution in [0.1, 0.15) is 104 Å². The minimum Gasteiger partial charge on any atom is -0.404 e. The Morgan fingerprint density at radius 3 is 1.93 bits per heavy atom. The van der Waals surface area contributed by atoms with E-state index in [1.807, 2.05) is 0 Å². The highest BCUT2D eigenvalue weighted by Crippen LogP contribution is 2.67. The molecule has 0 heterocycles. The van der Waals surface area contributed by atoms with Crippen LogP contribution in [-0.2, 0) is 4.43 Å². The van der Waals surface area contributed by atoms with Crippen LogP contribution in [0.5, 0.6) is 0 Å². The Morgan fingerprint density at radius 1 is 0.696 bits per heavy atom. The summed E-state index contributed by atoms with van der Waals surface area (Å²) < 4.78 is 7.74. The lowest BCUT2D eigenvalue weighted by atomic mass is 9.44. The molecule has 0 N–H and O–H groups in total. The summed E-state index contributed by atoms with van der Waals surface area (Å²) >= 11 is 0. The molecule has 0 spiro atoms. The van der Waals surface area contributed by atoms with E-state index in [0.29, 0.717) is 22.9 Å². The lowest BCUT2D eigenvalue weighted by Gasteiger charge is -2.61. The fourth-order valence-corrected chi connectivity index (χ4v) is 16.0. The van der Waals surface area contributed by atoms with Crippen molar-refractivity contribution in [2.24, 2.45) is 40.4 Å². The zero-order valence-corrected chi connectivity index (χ0v) is 30.3. The highest BCUT2D eigenvalue weighted by Gasteiger charge is 2.61. The number of hydrogen-bond acceptors (Lipinski definition) is 1. The number of aryl methyl sites for hydroxylation is 1. The van der Waals surface area contributed by atoms with Crippen LogP contribution >= 0.6 is 0 Å². The van der Waals surface area contributed by atoms with Crippen LogP contribution in [0.4, 0.5) is 0 Å². The van der Waals surface area contributed by atoms with Gasteiger partial charge in [-0.3, -0.25) is 0 Å². The molecule has 46 heavy (non-hydrogen) atoms. The van der Waals surface area contributed by atoms with Crippen LogP contribution in [0, 0.1) is 59.2 Å². The van der Waals surface area contributed by atoms with E-state index in [2.05, 4.69) is 138 Å². The van der Waals surface area contributed by atoms with Crippen molar-refractivity contribution in [1.82, 2.24) is 0 Å². The average Bonchev–Trinajstić information content (AvgIpc) is 3.39. The SMILES string of the molecule is Cc1ccc(C#C[C@H]2CC[C@H]3[C@@H]4CC[C@H]5C[C@H](O[Si](c6ccccc6)(c6ccccc6)C(C)(C)C)CC[C@]5(C)[C@H]4CC[C@]23C)cc1. The predicted molar refractivity (Wildman–Crippen MR) is 196 cm³/mol. The molecule has 8 atom stereocenters. The minimum atomic E-state index is -2.54. The van der Waals surface area contributed by atoms with Gasteiger partial charge in [-0.25, -0.2) is 0 Å². The van der Waals surface area contributed by atoms with Crippen molar-refractivity contribution in [1.29, 1.82) is 0 Å². The van der Waals surface area contributed by atoms with Crippen LogP contribution in [-0.4, -0.2) is 14.4 Å². The lowest BCUT2D eigenvalue weighted by molar-refractivity contribution is -0.122. The molecular weight excluding hydrogens is 573 g/mol. The third kappa shape index (κ3) is 5.35. The van der Waals surface area contributed by atoms with Crippen LogP contribution < -0.4 is 10.4 Å². The second-order valence-electron chi connectivity index (χ2n) is 17.1. The average molecular weight is 629 g/mol. The van der Waals surface area contributed by atoms with E-state index >= 15 is 0 Å². The molecule has 4 aliphatic rings. The Hall–Kier alpha value is -2.60. The molecule has 7 rings (SSSR count). The zero-order valence-electron chi connectivity index (χ0n) is 29.3. The van der Waals surface area contributed by atoms with Crippen molar-refractivity contribution >= 4 is 18.7 Å². The number of benzene rings is 3. The Labute approximate surface area is 281 Å². The zero-order chi connectivity index (χ0) is 32.2. The maximum Gasteiger partial charge on any atom is 0.261 e. The molecule has 0 amide bonds. The molecule has 3 aromatic rings. The molecule has 1 nitrogen and oxygen atoms in total. The van der Waals surface area contributed by atoms with E-state index in [1.165, 1.54) is 79.3 Å². The van der Waals surface area contributed by atoms with Crippen molar-refractivity contribution in [3.8, 4) is 11.8 Å². The fraction of sp³-hybridized carbons (Fsp3) is 0.545. The van der Waals surface area contributed by atoms with Gasteiger partial charge in [-0.05, 0) is 127 Å². The molecule has 4 aliphatic carbocycles. The molecule has 0 radical (unpaired) electrons. The first-order valence-electron chi connectivity index (χ1n) is 18.4. The van der Waals surface area contributed by atoms with Gasteiger partial charge in [-0.1, -0.05) is 125 Å². The van der Waals surface area contributed by atoms with Gasteiger partial charge in [-0.2, -0.15) is 0 Å². The summed E-state index contributed by atoms with van der Waals surface area (Å²) in [4.78, 5) is 0. The van der Waals surface area contributed by atoms with Crippen molar-refractivity contribution in [2.75, 3.05) is 0 Å². The summed E-state index contributed by atoms with van der Waals surface area (Å²) in [6.45, 7) is 14.8. The highest BCUT2D eigenvalue weighted by atomic mass is 28.4. The van der Waals surface area contributed by atoms with E-state index in [9.17, 15) is 0 Å².